The molecule has 0 atom stereocenters. The Morgan fingerprint density at radius 2 is 1.71 bits per heavy atom. The molecule has 1 heterocycles. The number of hydrogen-bond donors (Lipinski definition) is 4. The standard InChI is InChI=1S/C22H25ClN4O4/c1-30-20-8-6-16(12-18(20)29)26-21-13-22(25-14-24-21)27-17-11-15(23)5-7-19(17)31-10-4-2-3-9-28/h5-8,11-14,28-29H,2-4,9-10H2,1H3,(H2,24,25,26,27). The van der Waals surface area contributed by atoms with Crippen LogP contribution in [0, 0.1) is 0 Å². The third-order valence-corrected chi connectivity index (χ3v) is 4.62. The molecule has 0 aliphatic heterocycles. The van der Waals surface area contributed by atoms with E-state index in [-0.39, 0.29) is 12.4 Å². The Labute approximate surface area is 185 Å². The van der Waals surface area contributed by atoms with E-state index in [4.69, 9.17) is 26.2 Å². The number of phenolic OH excluding ortho intramolecular Hbond substituents is 1. The number of benzene rings is 2. The Balaban J connectivity index is 1.70. The van der Waals surface area contributed by atoms with Crippen LogP contribution in [0.5, 0.6) is 17.2 Å². The van der Waals surface area contributed by atoms with E-state index in [0.717, 1.165) is 19.3 Å². The average Bonchev–Trinajstić information content (AvgIpc) is 2.75. The van der Waals surface area contributed by atoms with Gasteiger partial charge in [-0.2, -0.15) is 0 Å². The van der Waals surface area contributed by atoms with Crippen LogP contribution in [0.3, 0.4) is 0 Å². The van der Waals surface area contributed by atoms with Gasteiger partial charge in [0.15, 0.2) is 11.5 Å². The van der Waals surface area contributed by atoms with Crippen molar-refractivity contribution in [3.8, 4) is 17.2 Å². The quantitative estimate of drug-likeness (QED) is 0.310. The minimum absolute atomic E-state index is 0.0274. The van der Waals surface area contributed by atoms with Crippen LogP contribution < -0.4 is 20.1 Å². The molecule has 0 aliphatic carbocycles. The monoisotopic (exact) mass is 444 g/mol. The summed E-state index contributed by atoms with van der Waals surface area (Å²) in [5.41, 5.74) is 1.33. The second-order valence-corrected chi connectivity index (χ2v) is 7.13. The number of hydrogen-bond acceptors (Lipinski definition) is 8. The van der Waals surface area contributed by atoms with Crippen LogP contribution in [-0.4, -0.2) is 40.5 Å². The summed E-state index contributed by atoms with van der Waals surface area (Å²) >= 11 is 6.16. The Morgan fingerprint density at radius 1 is 0.935 bits per heavy atom. The van der Waals surface area contributed by atoms with Crippen LogP contribution in [0.2, 0.25) is 5.02 Å². The van der Waals surface area contributed by atoms with E-state index >= 15 is 0 Å². The number of anilines is 4. The Hall–Kier alpha value is -3.23. The summed E-state index contributed by atoms with van der Waals surface area (Å²) in [5.74, 6) is 2.15. The summed E-state index contributed by atoms with van der Waals surface area (Å²) in [5, 5.41) is 25.7. The number of methoxy groups -OCH3 is 1. The fourth-order valence-corrected chi connectivity index (χ4v) is 3.02. The van der Waals surface area contributed by atoms with E-state index < -0.39 is 0 Å². The molecule has 3 rings (SSSR count). The number of nitrogens with one attached hydrogen (secondary N) is 2. The van der Waals surface area contributed by atoms with Gasteiger partial charge in [0.2, 0.25) is 0 Å². The molecular weight excluding hydrogens is 420 g/mol. The first-order chi connectivity index (χ1) is 15.1. The molecule has 2 aromatic carbocycles. The first-order valence-corrected chi connectivity index (χ1v) is 10.2. The summed E-state index contributed by atoms with van der Waals surface area (Å²) in [6.45, 7) is 0.724. The maximum absolute atomic E-state index is 9.95. The van der Waals surface area contributed by atoms with Crippen molar-refractivity contribution in [1.29, 1.82) is 0 Å². The molecule has 0 bridgehead atoms. The molecule has 8 nitrogen and oxygen atoms in total. The summed E-state index contributed by atoms with van der Waals surface area (Å²) in [4.78, 5) is 8.47. The Kier molecular flexibility index (Phi) is 8.14. The van der Waals surface area contributed by atoms with Crippen LogP contribution in [0.25, 0.3) is 0 Å². The highest BCUT2D eigenvalue weighted by Gasteiger charge is 2.08. The number of unbranched alkanes of at least 4 members (excludes halogenated alkanes) is 2. The topological polar surface area (TPSA) is 109 Å². The van der Waals surface area contributed by atoms with Gasteiger partial charge in [-0.25, -0.2) is 9.97 Å². The number of aliphatic hydroxyl groups excluding tert-OH is 1. The fraction of sp³-hybridized carbons (Fsp3) is 0.273. The third-order valence-electron chi connectivity index (χ3n) is 4.38. The van der Waals surface area contributed by atoms with Crippen molar-refractivity contribution in [3.05, 3.63) is 53.8 Å². The largest absolute Gasteiger partial charge is 0.504 e. The molecule has 0 radical (unpaired) electrons. The SMILES string of the molecule is COc1ccc(Nc2cc(Nc3cc(Cl)ccc3OCCCCCO)ncn2)cc1O. The predicted molar refractivity (Wildman–Crippen MR) is 121 cm³/mol. The number of aromatic nitrogens is 2. The minimum Gasteiger partial charge on any atom is -0.504 e. The molecule has 0 unspecified atom stereocenters. The molecule has 31 heavy (non-hydrogen) atoms. The van der Waals surface area contributed by atoms with E-state index in [0.29, 0.717) is 46.1 Å². The number of halogens is 1. The van der Waals surface area contributed by atoms with Gasteiger partial charge in [0.1, 0.15) is 23.7 Å². The number of phenols is 1. The van der Waals surface area contributed by atoms with E-state index in [9.17, 15) is 5.11 Å². The molecule has 0 aliphatic rings. The molecule has 9 heteroatoms. The molecule has 0 amide bonds. The summed E-state index contributed by atoms with van der Waals surface area (Å²) < 4.78 is 10.9. The molecule has 0 fully saturated rings. The Morgan fingerprint density at radius 3 is 2.45 bits per heavy atom. The first kappa shape index (κ1) is 22.5. The van der Waals surface area contributed by atoms with E-state index in [1.165, 1.54) is 13.4 Å². The van der Waals surface area contributed by atoms with Gasteiger partial charge in [-0.15, -0.1) is 0 Å². The predicted octanol–water partition coefficient (Wildman–Crippen LogP) is 4.87. The number of aromatic hydroxyl groups is 1. The zero-order valence-corrected chi connectivity index (χ0v) is 17.9. The van der Waals surface area contributed by atoms with Crippen LogP contribution in [0.15, 0.2) is 48.8 Å². The molecule has 4 N–H and O–H groups in total. The van der Waals surface area contributed by atoms with Gasteiger partial charge >= 0.3 is 0 Å². The minimum atomic E-state index is 0.0274. The summed E-state index contributed by atoms with van der Waals surface area (Å²) in [6.07, 6.45) is 3.93. The number of ether oxygens (including phenoxy) is 2. The molecule has 1 aromatic heterocycles. The van der Waals surface area contributed by atoms with Gasteiger partial charge in [-0.1, -0.05) is 11.6 Å². The number of aliphatic hydroxyl groups is 1. The fourth-order valence-electron chi connectivity index (χ4n) is 2.85. The van der Waals surface area contributed by atoms with Crippen LogP contribution in [-0.2, 0) is 0 Å². The smallest absolute Gasteiger partial charge is 0.160 e. The number of rotatable bonds is 11. The highest BCUT2D eigenvalue weighted by atomic mass is 35.5. The van der Waals surface area contributed by atoms with E-state index in [1.807, 2.05) is 0 Å². The average molecular weight is 445 g/mol. The van der Waals surface area contributed by atoms with Gasteiger partial charge in [0.05, 0.1) is 19.4 Å². The van der Waals surface area contributed by atoms with Crippen molar-refractivity contribution in [2.24, 2.45) is 0 Å². The lowest BCUT2D eigenvalue weighted by molar-refractivity contribution is 0.266. The van der Waals surface area contributed by atoms with Crippen LogP contribution >= 0.6 is 11.6 Å². The van der Waals surface area contributed by atoms with Gasteiger partial charge in [-0.05, 0) is 49.6 Å². The highest BCUT2D eigenvalue weighted by Crippen LogP contribution is 2.32. The number of nitrogens with zero attached hydrogens (tertiary/aromatic N) is 2. The molecular formula is C22H25ClN4O4. The summed E-state index contributed by atoms with van der Waals surface area (Å²) in [7, 11) is 1.49. The molecule has 0 spiro atoms. The van der Waals surface area contributed by atoms with Crippen molar-refractivity contribution in [2.45, 2.75) is 19.3 Å². The normalized spacial score (nSPS) is 10.5. The second-order valence-electron chi connectivity index (χ2n) is 6.70. The van der Waals surface area contributed by atoms with Crippen LogP contribution in [0.4, 0.5) is 23.0 Å². The lowest BCUT2D eigenvalue weighted by Gasteiger charge is -2.14. The zero-order valence-electron chi connectivity index (χ0n) is 17.1. The van der Waals surface area contributed by atoms with Crippen molar-refractivity contribution >= 4 is 34.6 Å². The van der Waals surface area contributed by atoms with Crippen molar-refractivity contribution < 1.29 is 19.7 Å². The van der Waals surface area contributed by atoms with E-state index in [2.05, 4.69) is 20.6 Å². The maximum Gasteiger partial charge on any atom is 0.160 e. The second kappa shape index (κ2) is 11.2. The van der Waals surface area contributed by atoms with E-state index in [1.54, 1.807) is 42.5 Å². The van der Waals surface area contributed by atoms with Crippen LogP contribution in [0.1, 0.15) is 19.3 Å². The lowest BCUT2D eigenvalue weighted by atomic mass is 10.2. The highest BCUT2D eigenvalue weighted by molar-refractivity contribution is 6.31. The van der Waals surface area contributed by atoms with Crippen molar-refractivity contribution in [2.75, 3.05) is 31.0 Å². The molecule has 164 valence electrons. The molecule has 3 aromatic rings. The molecule has 0 saturated carbocycles. The Bertz CT molecular complexity index is 1000. The zero-order chi connectivity index (χ0) is 22.1. The lowest BCUT2D eigenvalue weighted by Crippen LogP contribution is -2.03. The van der Waals surface area contributed by atoms with Gasteiger partial charge in [0, 0.05) is 29.4 Å². The third kappa shape index (κ3) is 6.63. The van der Waals surface area contributed by atoms with Crippen molar-refractivity contribution in [1.82, 2.24) is 9.97 Å². The van der Waals surface area contributed by atoms with Gasteiger partial charge < -0.3 is 30.3 Å². The summed E-state index contributed by atoms with van der Waals surface area (Å²) in [6, 6.07) is 12.0. The van der Waals surface area contributed by atoms with Gasteiger partial charge in [0.25, 0.3) is 0 Å². The molecule has 0 saturated heterocycles. The maximum atomic E-state index is 9.95. The first-order valence-electron chi connectivity index (χ1n) is 9.85. The van der Waals surface area contributed by atoms with Crippen molar-refractivity contribution in [3.63, 3.8) is 0 Å². The van der Waals surface area contributed by atoms with Gasteiger partial charge in [-0.3, -0.25) is 0 Å².